The number of nitrogens with one attached hydrogen (secondary N) is 2. The van der Waals surface area contributed by atoms with Crippen LogP contribution in [-0.4, -0.2) is 57.9 Å². The number of hydrogen-bond acceptors (Lipinski definition) is 8. The molecule has 9 rings (SSSR count). The van der Waals surface area contributed by atoms with E-state index in [1.54, 1.807) is 48.2 Å². The quantitative estimate of drug-likeness (QED) is 0.0461. The molecule has 14 nitrogen and oxygen atoms in total. The lowest BCUT2D eigenvalue weighted by atomic mass is 10.1. The van der Waals surface area contributed by atoms with E-state index in [1.165, 1.54) is 22.8 Å². The summed E-state index contributed by atoms with van der Waals surface area (Å²) in [5, 5.41) is 25.2. The van der Waals surface area contributed by atoms with E-state index in [4.69, 9.17) is 0 Å². The number of nitrogens with zero attached hydrogens (tertiary/aromatic N) is 10. The number of aromatic nitrogens is 4. The molecule has 0 aliphatic carbocycles. The van der Waals surface area contributed by atoms with E-state index in [0.29, 0.717) is 61.8 Å². The summed E-state index contributed by atoms with van der Waals surface area (Å²) in [6, 6.07) is 60.2. The van der Waals surface area contributed by atoms with Gasteiger partial charge in [0.25, 0.3) is 11.8 Å². The third-order valence-electron chi connectivity index (χ3n) is 14.1. The van der Waals surface area contributed by atoms with Crippen LogP contribution in [0.25, 0.3) is 11.4 Å². The molecule has 4 aromatic heterocycles. The van der Waals surface area contributed by atoms with E-state index in [1.807, 2.05) is 106 Å². The summed E-state index contributed by atoms with van der Waals surface area (Å²) in [6.45, 7) is 11.1. The van der Waals surface area contributed by atoms with Gasteiger partial charge in [-0.1, -0.05) is 38.8 Å². The van der Waals surface area contributed by atoms with Crippen molar-refractivity contribution in [3.63, 3.8) is 0 Å². The number of benzene rings is 5. The Morgan fingerprint density at radius 2 is 0.812 bits per heavy atom. The molecule has 0 atom stereocenters. The molecule has 5 aromatic carbocycles. The van der Waals surface area contributed by atoms with Gasteiger partial charge in [-0.25, -0.2) is 9.13 Å². The Bertz CT molecular complexity index is 3310. The molecule has 2 amide bonds. The zero-order chi connectivity index (χ0) is 55.8. The lowest BCUT2D eigenvalue weighted by Gasteiger charge is -2.18. The molecule has 14 heteroatoms. The van der Waals surface area contributed by atoms with E-state index < -0.39 is 0 Å². The Kier molecular flexibility index (Phi) is 18.6. The predicted octanol–water partition coefficient (Wildman–Crippen LogP) is 15.0. The average Bonchev–Trinajstić information content (AvgIpc) is 4.06. The van der Waals surface area contributed by atoms with Gasteiger partial charge in [-0.2, -0.15) is 0 Å². The van der Waals surface area contributed by atoms with Crippen molar-refractivity contribution in [1.29, 1.82) is 0 Å². The first-order chi connectivity index (χ1) is 39.0. The molecule has 0 aliphatic heterocycles. The van der Waals surface area contributed by atoms with Crippen LogP contribution in [0.1, 0.15) is 83.0 Å². The Balaban J connectivity index is 0.699. The highest BCUT2D eigenvalue weighted by Gasteiger charge is 2.18. The lowest BCUT2D eigenvalue weighted by molar-refractivity contribution is -0.684. The predicted molar refractivity (Wildman–Crippen MR) is 320 cm³/mol. The SMILES string of the molecule is CCCc1ccc(C)n1-c1ccc(Nc2ccc(/N=N/c3cccc[n+]3CCCN(C)C(=O)c3ccc(C(=O)N(C)CCC[n+]4ccccc4/N=N/c4ccc(Nc5ccc(-n6c(C)ccc6CCC)cc5)cc4)cc3)cc2)cc1. The molecule has 0 radical (unpaired) electrons. The summed E-state index contributed by atoms with van der Waals surface area (Å²) in [5.41, 5.74) is 13.9. The zero-order valence-corrected chi connectivity index (χ0v) is 46.8. The first-order valence-corrected chi connectivity index (χ1v) is 27.7. The van der Waals surface area contributed by atoms with Crippen molar-refractivity contribution in [2.75, 3.05) is 37.8 Å². The number of hydrogen-bond donors (Lipinski definition) is 2. The molecule has 80 heavy (non-hydrogen) atoms. The van der Waals surface area contributed by atoms with E-state index in [-0.39, 0.29) is 11.8 Å². The van der Waals surface area contributed by atoms with E-state index in [0.717, 1.165) is 71.2 Å². The highest BCUT2D eigenvalue weighted by Crippen LogP contribution is 2.27. The fraction of sp³-hybridized carbons (Fsp3) is 0.242. The van der Waals surface area contributed by atoms with Gasteiger partial charge in [0.05, 0.1) is 35.7 Å². The fourth-order valence-corrected chi connectivity index (χ4v) is 9.84. The van der Waals surface area contributed by atoms with Crippen molar-refractivity contribution in [2.24, 2.45) is 20.5 Å². The molecular weight excluding hydrogens is 993 g/mol. The minimum atomic E-state index is -0.110. The van der Waals surface area contributed by atoms with Crippen LogP contribution in [-0.2, 0) is 25.9 Å². The minimum absolute atomic E-state index is 0.110. The van der Waals surface area contributed by atoms with Crippen LogP contribution in [0.4, 0.5) is 45.8 Å². The Morgan fingerprint density at radius 1 is 0.450 bits per heavy atom. The number of azo groups is 2. The van der Waals surface area contributed by atoms with Crippen molar-refractivity contribution in [3.05, 3.63) is 228 Å². The monoisotopic (exact) mass is 1060 g/mol. The summed E-state index contributed by atoms with van der Waals surface area (Å²) < 4.78 is 8.72. The van der Waals surface area contributed by atoms with Gasteiger partial charge in [-0.3, -0.25) is 9.59 Å². The summed E-state index contributed by atoms with van der Waals surface area (Å²) in [5.74, 6) is 1.21. The standard InChI is InChI=1S/C66H70N12O2/c1-7-15-59-37-19-49(3)77(59)61-39-33-55(34-40-61)67-53-25-29-57(30-26-53)69-71-63-17-9-11-45-75(63)47-13-43-73(5)65(79)51-21-23-52(24-22-51)66(80)74(6)44-14-48-76-46-12-10-18-64(76)72-70-58-31-27-54(28-32-58)68-56-35-41-62(42-36-56)78-50(4)20-38-60(78)16-8-2/h9-12,17-42,45-46H,7-8,13-16,43-44,47-48H2,1-6H3/p+2. The maximum Gasteiger partial charge on any atom is 0.350 e. The van der Waals surface area contributed by atoms with Gasteiger partial charge in [0.1, 0.15) is 11.4 Å². The van der Waals surface area contributed by atoms with Crippen LogP contribution in [0.5, 0.6) is 0 Å². The smallest absolute Gasteiger partial charge is 0.350 e. The second kappa shape index (κ2) is 26.8. The molecule has 406 valence electrons. The molecule has 0 bridgehead atoms. The van der Waals surface area contributed by atoms with Crippen LogP contribution in [0.3, 0.4) is 0 Å². The Hall–Kier alpha value is -9.30. The molecule has 0 saturated heterocycles. The van der Waals surface area contributed by atoms with Gasteiger partial charge in [-0.05, 0) is 195 Å². The molecule has 0 fully saturated rings. The largest absolute Gasteiger partial charge is 0.356 e. The molecule has 0 saturated carbocycles. The van der Waals surface area contributed by atoms with Crippen LogP contribution < -0.4 is 19.8 Å². The first kappa shape index (κ1) is 55.5. The molecule has 0 unspecified atom stereocenters. The van der Waals surface area contributed by atoms with Gasteiger partial charge in [-0.15, -0.1) is 0 Å². The highest BCUT2D eigenvalue weighted by atomic mass is 16.2. The minimum Gasteiger partial charge on any atom is -0.356 e. The zero-order valence-electron chi connectivity index (χ0n) is 46.8. The highest BCUT2D eigenvalue weighted by molar-refractivity contribution is 5.97. The average molecular weight is 1070 g/mol. The molecule has 2 N–H and O–H groups in total. The van der Waals surface area contributed by atoms with Crippen molar-refractivity contribution < 1.29 is 18.7 Å². The normalized spacial score (nSPS) is 11.4. The topological polar surface area (TPSA) is 132 Å². The van der Waals surface area contributed by atoms with Crippen molar-refractivity contribution >= 4 is 57.6 Å². The van der Waals surface area contributed by atoms with Crippen molar-refractivity contribution in [2.45, 2.75) is 79.3 Å². The second-order valence-electron chi connectivity index (χ2n) is 20.2. The molecule has 4 heterocycles. The van der Waals surface area contributed by atoms with Crippen molar-refractivity contribution in [3.8, 4) is 11.4 Å². The van der Waals surface area contributed by atoms with Gasteiger partial charge in [0.15, 0.2) is 0 Å². The van der Waals surface area contributed by atoms with Crippen LogP contribution in [0, 0.1) is 13.8 Å². The first-order valence-electron chi connectivity index (χ1n) is 27.7. The molecular formula is C66H72N12O2+2. The Morgan fingerprint density at radius 3 is 1.18 bits per heavy atom. The lowest BCUT2D eigenvalue weighted by Crippen LogP contribution is -2.36. The summed E-state index contributed by atoms with van der Waals surface area (Å²) >= 11 is 0. The van der Waals surface area contributed by atoms with Gasteiger partial charge >= 0.3 is 11.6 Å². The number of pyridine rings is 2. The van der Waals surface area contributed by atoms with Crippen molar-refractivity contribution in [1.82, 2.24) is 18.9 Å². The number of rotatable bonds is 24. The summed E-state index contributed by atoms with van der Waals surface area (Å²) in [6.07, 6.45) is 9.67. The fourth-order valence-electron chi connectivity index (χ4n) is 9.84. The summed E-state index contributed by atoms with van der Waals surface area (Å²) in [7, 11) is 3.60. The number of carbonyl (C=O) groups excluding carboxylic acids is 2. The van der Waals surface area contributed by atoms with Crippen LogP contribution in [0.2, 0.25) is 0 Å². The van der Waals surface area contributed by atoms with Gasteiger partial charge in [0.2, 0.25) is 0 Å². The van der Waals surface area contributed by atoms with E-state index in [2.05, 4.69) is 141 Å². The third kappa shape index (κ3) is 14.2. The van der Waals surface area contributed by atoms with E-state index in [9.17, 15) is 9.59 Å². The number of anilines is 4. The number of aryl methyl sites for hydroxylation is 6. The van der Waals surface area contributed by atoms with Gasteiger partial charge in [0, 0.05) is 120 Å². The Labute approximate surface area is 470 Å². The second-order valence-corrected chi connectivity index (χ2v) is 20.2. The summed E-state index contributed by atoms with van der Waals surface area (Å²) in [4.78, 5) is 30.4. The number of amides is 2. The third-order valence-corrected chi connectivity index (χ3v) is 14.1. The number of carbonyl (C=O) groups is 2. The van der Waals surface area contributed by atoms with E-state index >= 15 is 0 Å². The van der Waals surface area contributed by atoms with Gasteiger partial charge < -0.3 is 29.6 Å². The van der Waals surface area contributed by atoms with Crippen LogP contribution >= 0.6 is 0 Å². The molecule has 9 aromatic rings. The molecule has 0 spiro atoms. The maximum absolute atomic E-state index is 13.5. The van der Waals surface area contributed by atoms with Crippen LogP contribution in [0.15, 0.2) is 215 Å². The maximum atomic E-state index is 13.5. The molecule has 0 aliphatic rings.